The normalized spacial score (nSPS) is 17.7. The SMILES string of the molecule is CC1(C)OB([C@H](CCCc2ccccc2)NC(=O)C(CC(N)=O)NC(=O)c2cnccn2)OC1(C)C. The van der Waals surface area contributed by atoms with Crippen molar-refractivity contribution in [2.45, 2.75) is 76.6 Å². The summed E-state index contributed by atoms with van der Waals surface area (Å²) in [6.45, 7) is 7.75. The first-order valence-electron chi connectivity index (χ1n) is 12.0. The molecule has 1 aromatic carbocycles. The monoisotopic (exact) mass is 495 g/mol. The van der Waals surface area contributed by atoms with Gasteiger partial charge in [0.05, 0.1) is 29.8 Å². The first-order chi connectivity index (χ1) is 17.0. The number of carbonyl (C=O) groups is 3. The fraction of sp³-hybridized carbons (Fsp3) is 0.480. The third kappa shape index (κ3) is 7.11. The van der Waals surface area contributed by atoms with E-state index in [2.05, 4.69) is 20.6 Å². The van der Waals surface area contributed by atoms with E-state index in [9.17, 15) is 14.4 Å². The average molecular weight is 495 g/mol. The molecule has 1 saturated heterocycles. The summed E-state index contributed by atoms with van der Waals surface area (Å²) >= 11 is 0. The number of carbonyl (C=O) groups excluding carboxylic acids is 3. The molecule has 192 valence electrons. The molecule has 2 aromatic rings. The van der Waals surface area contributed by atoms with Crippen LogP contribution in [-0.2, 0) is 25.3 Å². The minimum Gasteiger partial charge on any atom is -0.402 e. The van der Waals surface area contributed by atoms with Gasteiger partial charge >= 0.3 is 7.12 Å². The molecule has 0 saturated carbocycles. The molecule has 36 heavy (non-hydrogen) atoms. The van der Waals surface area contributed by atoms with Gasteiger partial charge in [-0.3, -0.25) is 19.4 Å². The van der Waals surface area contributed by atoms with E-state index in [-0.39, 0.29) is 12.1 Å². The Balaban J connectivity index is 1.74. The number of nitrogens with two attached hydrogens (primary N) is 1. The van der Waals surface area contributed by atoms with Crippen LogP contribution in [-0.4, -0.2) is 58.0 Å². The Kier molecular flexibility index (Phi) is 8.81. The molecule has 3 rings (SSSR count). The molecule has 2 heterocycles. The third-order valence-electron chi connectivity index (χ3n) is 6.57. The highest BCUT2D eigenvalue weighted by atomic mass is 16.7. The van der Waals surface area contributed by atoms with Crippen LogP contribution in [0.4, 0.5) is 0 Å². The molecule has 11 heteroatoms. The second kappa shape index (κ2) is 11.6. The van der Waals surface area contributed by atoms with Crippen LogP contribution in [0.15, 0.2) is 48.9 Å². The summed E-state index contributed by atoms with van der Waals surface area (Å²) in [6.07, 6.45) is 5.79. The molecular formula is C25H34BN5O5. The molecule has 1 aromatic heterocycles. The maximum Gasteiger partial charge on any atom is 0.481 e. The van der Waals surface area contributed by atoms with Gasteiger partial charge in [-0.05, 0) is 52.5 Å². The average Bonchev–Trinajstić information content (AvgIpc) is 3.05. The predicted octanol–water partition coefficient (Wildman–Crippen LogP) is 1.59. The lowest BCUT2D eigenvalue weighted by Gasteiger charge is -2.32. The van der Waals surface area contributed by atoms with Crippen molar-refractivity contribution >= 4 is 24.8 Å². The number of hydrogen-bond acceptors (Lipinski definition) is 7. The van der Waals surface area contributed by atoms with E-state index in [0.717, 1.165) is 12.8 Å². The summed E-state index contributed by atoms with van der Waals surface area (Å²) < 4.78 is 12.4. The minimum absolute atomic E-state index is 0.0186. The second-order valence-corrected chi connectivity index (χ2v) is 9.90. The number of hydrogen-bond donors (Lipinski definition) is 3. The van der Waals surface area contributed by atoms with E-state index in [1.54, 1.807) is 0 Å². The number of rotatable bonds is 11. The van der Waals surface area contributed by atoms with Crippen molar-refractivity contribution in [3.63, 3.8) is 0 Å². The molecule has 0 bridgehead atoms. The van der Waals surface area contributed by atoms with Gasteiger partial charge in [0.2, 0.25) is 11.8 Å². The lowest BCUT2D eigenvalue weighted by atomic mass is 9.75. The van der Waals surface area contributed by atoms with Crippen molar-refractivity contribution < 1.29 is 23.7 Å². The summed E-state index contributed by atoms with van der Waals surface area (Å²) in [5.74, 6) is -2.46. The summed E-state index contributed by atoms with van der Waals surface area (Å²) in [7, 11) is -0.709. The Hall–Kier alpha value is -3.31. The number of primary amides is 1. The van der Waals surface area contributed by atoms with Crippen molar-refractivity contribution in [1.82, 2.24) is 20.6 Å². The van der Waals surface area contributed by atoms with Gasteiger partial charge in [-0.25, -0.2) is 4.98 Å². The minimum atomic E-state index is -1.20. The van der Waals surface area contributed by atoms with Crippen molar-refractivity contribution in [3.05, 3.63) is 60.2 Å². The van der Waals surface area contributed by atoms with Crippen LogP contribution in [0.2, 0.25) is 0 Å². The van der Waals surface area contributed by atoms with Gasteiger partial charge in [-0.2, -0.15) is 0 Å². The number of nitrogens with zero attached hydrogens (tertiary/aromatic N) is 2. The number of aromatic nitrogens is 2. The Bertz CT molecular complexity index is 1040. The Morgan fingerprint density at radius 1 is 1.03 bits per heavy atom. The number of nitrogens with one attached hydrogen (secondary N) is 2. The van der Waals surface area contributed by atoms with E-state index in [1.165, 1.54) is 24.2 Å². The predicted molar refractivity (Wildman–Crippen MR) is 134 cm³/mol. The summed E-state index contributed by atoms with van der Waals surface area (Å²) in [4.78, 5) is 45.4. The van der Waals surface area contributed by atoms with E-state index in [4.69, 9.17) is 15.0 Å². The van der Waals surface area contributed by atoms with Gasteiger partial charge in [0.15, 0.2) is 0 Å². The molecule has 4 N–H and O–H groups in total. The molecule has 3 amide bonds. The van der Waals surface area contributed by atoms with E-state index in [1.807, 2.05) is 58.0 Å². The molecule has 10 nitrogen and oxygen atoms in total. The van der Waals surface area contributed by atoms with Crippen molar-refractivity contribution in [2.75, 3.05) is 0 Å². The zero-order valence-electron chi connectivity index (χ0n) is 21.2. The van der Waals surface area contributed by atoms with E-state index >= 15 is 0 Å². The molecule has 1 aliphatic heterocycles. The Morgan fingerprint density at radius 3 is 2.28 bits per heavy atom. The van der Waals surface area contributed by atoms with Crippen molar-refractivity contribution in [3.8, 4) is 0 Å². The largest absolute Gasteiger partial charge is 0.481 e. The standard InChI is InChI=1S/C25H34BN5O5/c1-24(2)25(3,4)36-26(35-24)20(12-8-11-17-9-6-5-7-10-17)31-22(33)18(15-21(27)32)30-23(34)19-16-28-13-14-29-19/h5-7,9-10,13-14,16,18,20H,8,11-12,15H2,1-4H3,(H2,27,32)(H,30,34)(H,31,33)/t18?,20-/m0/s1. The van der Waals surface area contributed by atoms with Crippen LogP contribution in [0.5, 0.6) is 0 Å². The molecule has 1 fully saturated rings. The van der Waals surface area contributed by atoms with Gasteiger partial charge in [-0.1, -0.05) is 30.3 Å². The first-order valence-corrected chi connectivity index (χ1v) is 12.0. The summed E-state index contributed by atoms with van der Waals surface area (Å²) in [5, 5.41) is 5.47. The Morgan fingerprint density at radius 2 is 1.69 bits per heavy atom. The highest BCUT2D eigenvalue weighted by Gasteiger charge is 2.54. The van der Waals surface area contributed by atoms with Gasteiger partial charge in [0.1, 0.15) is 11.7 Å². The molecule has 0 radical (unpaired) electrons. The maximum atomic E-state index is 13.3. The van der Waals surface area contributed by atoms with Crippen LogP contribution >= 0.6 is 0 Å². The highest BCUT2D eigenvalue weighted by Crippen LogP contribution is 2.38. The van der Waals surface area contributed by atoms with Crippen molar-refractivity contribution in [1.29, 1.82) is 0 Å². The number of aryl methyl sites for hydroxylation is 1. The quantitative estimate of drug-likeness (QED) is 0.402. The summed E-state index contributed by atoms with van der Waals surface area (Å²) in [6, 6.07) is 8.83. The van der Waals surface area contributed by atoms with E-state index < -0.39 is 48.0 Å². The van der Waals surface area contributed by atoms with Gasteiger partial charge in [-0.15, -0.1) is 0 Å². The van der Waals surface area contributed by atoms with Gasteiger partial charge < -0.3 is 25.7 Å². The molecule has 0 aliphatic carbocycles. The van der Waals surface area contributed by atoms with Crippen molar-refractivity contribution in [2.24, 2.45) is 5.73 Å². The van der Waals surface area contributed by atoms with Crippen LogP contribution < -0.4 is 16.4 Å². The van der Waals surface area contributed by atoms with Gasteiger partial charge in [0.25, 0.3) is 5.91 Å². The maximum absolute atomic E-state index is 13.3. The van der Waals surface area contributed by atoms with Crippen LogP contribution in [0, 0.1) is 0 Å². The molecule has 2 atom stereocenters. The van der Waals surface area contributed by atoms with Crippen LogP contribution in [0.3, 0.4) is 0 Å². The molecule has 1 aliphatic rings. The zero-order chi connectivity index (χ0) is 26.3. The van der Waals surface area contributed by atoms with Crippen LogP contribution in [0.1, 0.15) is 63.0 Å². The lowest BCUT2D eigenvalue weighted by molar-refractivity contribution is -0.127. The number of benzene rings is 1. The second-order valence-electron chi connectivity index (χ2n) is 9.90. The lowest BCUT2D eigenvalue weighted by Crippen LogP contribution is -2.55. The highest BCUT2D eigenvalue weighted by molar-refractivity contribution is 6.48. The topological polar surface area (TPSA) is 146 Å². The van der Waals surface area contributed by atoms with E-state index in [0.29, 0.717) is 6.42 Å². The first kappa shape index (κ1) is 27.3. The third-order valence-corrected chi connectivity index (χ3v) is 6.57. The Labute approximate surface area is 211 Å². The zero-order valence-corrected chi connectivity index (χ0v) is 21.2. The fourth-order valence-electron chi connectivity index (χ4n) is 3.84. The summed E-state index contributed by atoms with van der Waals surface area (Å²) in [5.41, 5.74) is 5.38. The smallest absolute Gasteiger partial charge is 0.402 e. The fourth-order valence-corrected chi connectivity index (χ4v) is 3.84. The number of amides is 3. The molecule has 1 unspecified atom stereocenters. The molecule has 0 spiro atoms. The van der Waals surface area contributed by atoms with Crippen LogP contribution in [0.25, 0.3) is 0 Å². The molecular weight excluding hydrogens is 461 g/mol. The van der Waals surface area contributed by atoms with Gasteiger partial charge in [0, 0.05) is 12.4 Å².